The standard InChI is InChI=1S/C18H16BrFO5/c1-9-11(7-15(25-9)18-17(23)14(21)8-24-18)16(22)12(19)6-10-4-2-3-5-13(10)20/h2-7,14,17-18,21,23H,8H2,1H3/b12-6-/t14-,17-,18+/m1/s1. The van der Waals surface area contributed by atoms with Gasteiger partial charge in [-0.15, -0.1) is 0 Å². The van der Waals surface area contributed by atoms with Crippen LogP contribution in [0.3, 0.4) is 0 Å². The molecule has 3 rings (SSSR count). The van der Waals surface area contributed by atoms with E-state index >= 15 is 0 Å². The van der Waals surface area contributed by atoms with Gasteiger partial charge in [-0.3, -0.25) is 4.79 Å². The van der Waals surface area contributed by atoms with Crippen LogP contribution in [0.5, 0.6) is 0 Å². The molecule has 7 heteroatoms. The topological polar surface area (TPSA) is 79.9 Å². The number of ketones is 1. The minimum atomic E-state index is -1.12. The molecule has 0 saturated carbocycles. The number of halogens is 2. The number of rotatable bonds is 4. The number of ether oxygens (including phenoxy) is 1. The van der Waals surface area contributed by atoms with Crippen LogP contribution in [0.25, 0.3) is 6.08 Å². The van der Waals surface area contributed by atoms with Crippen molar-refractivity contribution in [3.05, 3.63) is 63.3 Å². The van der Waals surface area contributed by atoms with Crippen molar-refractivity contribution in [2.24, 2.45) is 0 Å². The van der Waals surface area contributed by atoms with E-state index in [-0.39, 0.29) is 33.8 Å². The Balaban J connectivity index is 1.87. The highest BCUT2D eigenvalue weighted by molar-refractivity contribution is 9.12. The zero-order chi connectivity index (χ0) is 18.1. The van der Waals surface area contributed by atoms with Gasteiger partial charge in [0.05, 0.1) is 16.7 Å². The second-order valence-electron chi connectivity index (χ2n) is 5.77. The van der Waals surface area contributed by atoms with E-state index in [4.69, 9.17) is 9.15 Å². The summed E-state index contributed by atoms with van der Waals surface area (Å²) in [7, 11) is 0. The van der Waals surface area contributed by atoms with E-state index in [9.17, 15) is 19.4 Å². The first-order valence-electron chi connectivity index (χ1n) is 7.63. The molecule has 1 aliphatic heterocycles. The van der Waals surface area contributed by atoms with Crippen molar-refractivity contribution < 1.29 is 28.6 Å². The van der Waals surface area contributed by atoms with Gasteiger partial charge in [0.15, 0.2) is 0 Å². The van der Waals surface area contributed by atoms with Crippen molar-refractivity contribution in [2.75, 3.05) is 6.61 Å². The molecule has 0 bridgehead atoms. The van der Waals surface area contributed by atoms with Crippen LogP contribution >= 0.6 is 15.9 Å². The maximum absolute atomic E-state index is 13.7. The van der Waals surface area contributed by atoms with E-state index in [1.165, 1.54) is 18.2 Å². The van der Waals surface area contributed by atoms with Crippen LogP contribution in [0.2, 0.25) is 0 Å². The quantitative estimate of drug-likeness (QED) is 0.597. The van der Waals surface area contributed by atoms with Gasteiger partial charge in [-0.05, 0) is 41.1 Å². The Kier molecular flexibility index (Phi) is 5.19. The molecule has 2 aromatic rings. The van der Waals surface area contributed by atoms with E-state index in [0.717, 1.165) is 0 Å². The van der Waals surface area contributed by atoms with Gasteiger partial charge < -0.3 is 19.4 Å². The number of hydrogen-bond acceptors (Lipinski definition) is 5. The highest BCUT2D eigenvalue weighted by atomic mass is 79.9. The zero-order valence-electron chi connectivity index (χ0n) is 13.3. The number of furan rings is 1. The van der Waals surface area contributed by atoms with Crippen molar-refractivity contribution in [1.82, 2.24) is 0 Å². The number of benzene rings is 1. The van der Waals surface area contributed by atoms with Gasteiger partial charge >= 0.3 is 0 Å². The predicted molar refractivity (Wildman–Crippen MR) is 91.8 cm³/mol. The van der Waals surface area contributed by atoms with Crippen molar-refractivity contribution >= 4 is 27.8 Å². The number of carbonyl (C=O) groups is 1. The Morgan fingerprint density at radius 1 is 1.36 bits per heavy atom. The molecule has 1 saturated heterocycles. The number of allylic oxidation sites excluding steroid dienone is 1. The monoisotopic (exact) mass is 410 g/mol. The summed E-state index contributed by atoms with van der Waals surface area (Å²) in [5.41, 5.74) is 0.549. The third kappa shape index (κ3) is 3.59. The Hall–Kier alpha value is -1.80. The third-order valence-electron chi connectivity index (χ3n) is 4.02. The number of aryl methyl sites for hydroxylation is 1. The fourth-order valence-electron chi connectivity index (χ4n) is 2.65. The molecule has 1 fully saturated rings. The second kappa shape index (κ2) is 7.21. The maximum atomic E-state index is 13.7. The molecule has 1 aromatic carbocycles. The molecule has 132 valence electrons. The Labute approximate surface area is 151 Å². The van der Waals surface area contributed by atoms with Crippen molar-refractivity contribution in [3.8, 4) is 0 Å². The highest BCUT2D eigenvalue weighted by Gasteiger charge is 2.38. The first-order chi connectivity index (χ1) is 11.9. The summed E-state index contributed by atoms with van der Waals surface area (Å²) in [6.45, 7) is 1.60. The van der Waals surface area contributed by atoms with Gasteiger partial charge in [-0.1, -0.05) is 18.2 Å². The molecule has 0 spiro atoms. The van der Waals surface area contributed by atoms with Gasteiger partial charge in [0, 0.05) is 5.56 Å². The predicted octanol–water partition coefficient (Wildman–Crippen LogP) is 3.14. The Morgan fingerprint density at radius 2 is 2.08 bits per heavy atom. The summed E-state index contributed by atoms with van der Waals surface area (Å²) in [5, 5.41) is 19.5. The molecule has 1 aliphatic rings. The van der Waals surface area contributed by atoms with Crippen molar-refractivity contribution in [3.63, 3.8) is 0 Å². The molecule has 2 N–H and O–H groups in total. The highest BCUT2D eigenvalue weighted by Crippen LogP contribution is 2.33. The summed E-state index contributed by atoms with van der Waals surface area (Å²) in [6.07, 6.45) is -1.55. The molecule has 1 aromatic heterocycles. The maximum Gasteiger partial charge on any atom is 0.203 e. The molecule has 0 aliphatic carbocycles. The Morgan fingerprint density at radius 3 is 2.72 bits per heavy atom. The number of Topliss-reactive ketones (excluding diaryl/α,β-unsaturated/α-hetero) is 1. The van der Waals surface area contributed by atoms with Gasteiger partial charge in [-0.2, -0.15) is 0 Å². The van der Waals surface area contributed by atoms with Crippen LogP contribution in [-0.4, -0.2) is 34.8 Å². The minimum Gasteiger partial charge on any atom is -0.463 e. The lowest BCUT2D eigenvalue weighted by Crippen LogP contribution is -2.24. The van der Waals surface area contributed by atoms with Crippen LogP contribution < -0.4 is 0 Å². The van der Waals surface area contributed by atoms with Crippen LogP contribution in [0.15, 0.2) is 39.2 Å². The fourth-order valence-corrected chi connectivity index (χ4v) is 3.11. The molecule has 0 unspecified atom stereocenters. The fraction of sp³-hybridized carbons (Fsp3) is 0.278. The van der Waals surface area contributed by atoms with Crippen LogP contribution in [0, 0.1) is 12.7 Å². The summed E-state index contributed by atoms with van der Waals surface area (Å²) in [4.78, 5) is 12.6. The van der Waals surface area contributed by atoms with E-state index in [1.54, 1.807) is 25.1 Å². The van der Waals surface area contributed by atoms with Crippen molar-refractivity contribution in [2.45, 2.75) is 25.2 Å². The zero-order valence-corrected chi connectivity index (χ0v) is 14.9. The third-order valence-corrected chi connectivity index (χ3v) is 4.61. The van der Waals surface area contributed by atoms with Crippen molar-refractivity contribution in [1.29, 1.82) is 0 Å². The van der Waals surface area contributed by atoms with Gasteiger partial charge in [-0.25, -0.2) is 4.39 Å². The van der Waals surface area contributed by atoms with E-state index < -0.39 is 24.1 Å². The molecule has 25 heavy (non-hydrogen) atoms. The van der Waals surface area contributed by atoms with E-state index in [1.807, 2.05) is 0 Å². The normalized spacial score (nSPS) is 23.9. The first kappa shape index (κ1) is 18.0. The largest absolute Gasteiger partial charge is 0.463 e. The molecule has 5 nitrogen and oxygen atoms in total. The first-order valence-corrected chi connectivity index (χ1v) is 8.42. The second-order valence-corrected chi connectivity index (χ2v) is 6.63. The summed E-state index contributed by atoms with van der Waals surface area (Å²) >= 11 is 3.18. The summed E-state index contributed by atoms with van der Waals surface area (Å²) in [5.74, 6) is -0.218. The molecule has 3 atom stereocenters. The molecule has 0 radical (unpaired) electrons. The number of carbonyl (C=O) groups excluding carboxylic acids is 1. The smallest absolute Gasteiger partial charge is 0.203 e. The number of aliphatic hydroxyl groups is 2. The molecule has 2 heterocycles. The minimum absolute atomic E-state index is 0.00819. The number of hydrogen-bond donors (Lipinski definition) is 2. The Bertz CT molecular complexity index is 829. The van der Waals surface area contributed by atoms with Crippen LogP contribution in [-0.2, 0) is 4.74 Å². The summed E-state index contributed by atoms with van der Waals surface area (Å²) < 4.78 is 24.7. The SMILES string of the molecule is Cc1oc([C@@H]2OC[C@@H](O)[C@H]2O)cc1C(=O)/C(Br)=C/c1ccccc1F. The van der Waals surface area contributed by atoms with Gasteiger partial charge in [0.25, 0.3) is 0 Å². The van der Waals surface area contributed by atoms with Gasteiger partial charge in [0.2, 0.25) is 5.78 Å². The average Bonchev–Trinajstić information content (AvgIpc) is 3.12. The number of aliphatic hydroxyl groups excluding tert-OH is 2. The van der Waals surface area contributed by atoms with E-state index in [0.29, 0.717) is 5.76 Å². The lowest BCUT2D eigenvalue weighted by molar-refractivity contribution is 0.0117. The lowest BCUT2D eigenvalue weighted by Gasteiger charge is -2.11. The summed E-state index contributed by atoms with van der Waals surface area (Å²) in [6, 6.07) is 7.57. The van der Waals surface area contributed by atoms with Gasteiger partial charge in [0.1, 0.15) is 35.6 Å². The van der Waals surface area contributed by atoms with E-state index in [2.05, 4.69) is 15.9 Å². The molecular formula is C18H16BrFO5. The molecular weight excluding hydrogens is 395 g/mol. The average molecular weight is 411 g/mol. The van der Waals surface area contributed by atoms with Crippen LogP contribution in [0.1, 0.15) is 33.5 Å². The lowest BCUT2D eigenvalue weighted by atomic mass is 10.1. The van der Waals surface area contributed by atoms with Crippen LogP contribution in [0.4, 0.5) is 4.39 Å². The molecule has 0 amide bonds.